The van der Waals surface area contributed by atoms with Crippen molar-refractivity contribution in [1.29, 1.82) is 0 Å². The molecular formula is C37H46N4O5Si. The lowest BCUT2D eigenvalue weighted by molar-refractivity contribution is -0.00456. The first kappa shape index (κ1) is 34.2. The second kappa shape index (κ2) is 14.3. The maximum absolute atomic E-state index is 7.20. The molecule has 0 aliphatic rings. The third-order valence-corrected chi connectivity index (χ3v) is 13.6. The lowest BCUT2D eigenvalue weighted by atomic mass is 9.80. The van der Waals surface area contributed by atoms with Crippen LogP contribution in [0.15, 0.2) is 85.1 Å². The van der Waals surface area contributed by atoms with Crippen molar-refractivity contribution in [2.24, 2.45) is 0 Å². The number of nitrogens with zero attached hydrogens (tertiary/aromatic N) is 4. The van der Waals surface area contributed by atoms with E-state index in [4.69, 9.17) is 33.3 Å². The van der Waals surface area contributed by atoms with E-state index in [1.165, 1.54) is 0 Å². The molecule has 9 nitrogen and oxygen atoms in total. The SMILES string of the molecule is COCc1ncc2nc(COC(c3ccccc3)(c3ccc(OC)cc3)c3ccc(OC)cc3)n(CCO[Si](C)(C)C(C)(C)C)c2n1. The van der Waals surface area contributed by atoms with Crippen LogP contribution >= 0.6 is 0 Å². The summed E-state index contributed by atoms with van der Waals surface area (Å²) in [5.74, 6) is 2.85. The van der Waals surface area contributed by atoms with Gasteiger partial charge in [0.25, 0.3) is 0 Å². The molecule has 0 aliphatic heterocycles. The average molecular weight is 655 g/mol. The van der Waals surface area contributed by atoms with Gasteiger partial charge in [-0.05, 0) is 59.1 Å². The van der Waals surface area contributed by atoms with Gasteiger partial charge in [0.1, 0.15) is 41.7 Å². The predicted molar refractivity (Wildman–Crippen MR) is 186 cm³/mol. The van der Waals surface area contributed by atoms with Crippen molar-refractivity contribution >= 4 is 19.5 Å². The Morgan fingerprint density at radius 2 is 1.30 bits per heavy atom. The van der Waals surface area contributed by atoms with Gasteiger partial charge in [-0.1, -0.05) is 75.4 Å². The van der Waals surface area contributed by atoms with E-state index in [1.807, 2.05) is 42.5 Å². The highest BCUT2D eigenvalue weighted by Crippen LogP contribution is 2.42. The minimum Gasteiger partial charge on any atom is -0.497 e. The Morgan fingerprint density at radius 3 is 1.83 bits per heavy atom. The van der Waals surface area contributed by atoms with Gasteiger partial charge in [0.15, 0.2) is 19.8 Å². The van der Waals surface area contributed by atoms with Crippen molar-refractivity contribution in [2.75, 3.05) is 27.9 Å². The van der Waals surface area contributed by atoms with E-state index < -0.39 is 13.9 Å². The minimum absolute atomic E-state index is 0.0930. The molecule has 2 heterocycles. The molecule has 0 atom stereocenters. The van der Waals surface area contributed by atoms with Crippen molar-refractivity contribution in [2.45, 2.75) is 64.3 Å². The number of aromatic nitrogens is 4. The molecule has 0 N–H and O–H groups in total. The molecule has 0 bridgehead atoms. The second-order valence-corrected chi connectivity index (χ2v) is 17.8. The number of fused-ring (bicyclic) bond motifs is 1. The molecule has 0 amide bonds. The first-order chi connectivity index (χ1) is 22.5. The summed E-state index contributed by atoms with van der Waals surface area (Å²) < 4.78 is 32.3. The van der Waals surface area contributed by atoms with Gasteiger partial charge in [-0.2, -0.15) is 0 Å². The predicted octanol–water partition coefficient (Wildman–Crippen LogP) is 7.52. The van der Waals surface area contributed by atoms with E-state index in [9.17, 15) is 0 Å². The van der Waals surface area contributed by atoms with Gasteiger partial charge >= 0.3 is 0 Å². The molecule has 0 aliphatic carbocycles. The Balaban J connectivity index is 1.61. The second-order valence-electron chi connectivity index (χ2n) is 13.0. The Hall–Kier alpha value is -4.09. The molecule has 0 spiro atoms. The fraction of sp³-hybridized carbons (Fsp3) is 0.378. The van der Waals surface area contributed by atoms with Gasteiger partial charge in [-0.3, -0.25) is 0 Å². The first-order valence-electron chi connectivity index (χ1n) is 15.8. The summed E-state index contributed by atoms with van der Waals surface area (Å²) in [5.41, 5.74) is 3.29. The highest BCUT2D eigenvalue weighted by Gasteiger charge is 2.39. The summed E-state index contributed by atoms with van der Waals surface area (Å²) in [6.45, 7) is 12.8. The largest absolute Gasteiger partial charge is 0.497 e. The highest BCUT2D eigenvalue weighted by atomic mass is 28.4. The van der Waals surface area contributed by atoms with Crippen molar-refractivity contribution < 1.29 is 23.4 Å². The number of benzene rings is 3. The smallest absolute Gasteiger partial charge is 0.192 e. The van der Waals surface area contributed by atoms with Crippen LogP contribution in [0.5, 0.6) is 11.5 Å². The molecule has 0 unspecified atom stereocenters. The van der Waals surface area contributed by atoms with Gasteiger partial charge in [-0.25, -0.2) is 15.0 Å². The van der Waals surface area contributed by atoms with E-state index in [2.05, 4.69) is 79.8 Å². The zero-order chi connectivity index (χ0) is 33.7. The van der Waals surface area contributed by atoms with Crippen LogP contribution in [0.3, 0.4) is 0 Å². The van der Waals surface area contributed by atoms with Crippen LogP contribution in [0.1, 0.15) is 49.1 Å². The fourth-order valence-electron chi connectivity index (χ4n) is 5.40. The van der Waals surface area contributed by atoms with E-state index in [0.29, 0.717) is 31.1 Å². The molecule has 10 heteroatoms. The Kier molecular flexibility index (Phi) is 10.5. The normalized spacial score (nSPS) is 12.4. The molecule has 0 saturated carbocycles. The van der Waals surface area contributed by atoms with E-state index in [0.717, 1.165) is 39.7 Å². The van der Waals surface area contributed by atoms with Crippen molar-refractivity contribution in [1.82, 2.24) is 19.5 Å². The van der Waals surface area contributed by atoms with Crippen LogP contribution in [0.4, 0.5) is 0 Å². The van der Waals surface area contributed by atoms with Crippen molar-refractivity contribution in [3.63, 3.8) is 0 Å². The first-order valence-corrected chi connectivity index (χ1v) is 18.8. The maximum atomic E-state index is 7.20. The summed E-state index contributed by atoms with van der Waals surface area (Å²) in [5, 5.41) is 0.0930. The van der Waals surface area contributed by atoms with Crippen LogP contribution < -0.4 is 9.47 Å². The number of methoxy groups -OCH3 is 3. The standard InChI is InChI=1S/C37H46N4O5Si/c1-36(2,3)47(7,8)46-23-22-41-34(39-32-24-38-33(25-42-4)40-35(32)41)26-45-37(27-12-10-9-11-13-27,28-14-18-30(43-5)19-15-28)29-16-20-31(44-6)21-17-29/h9-21,24H,22-23,25-26H2,1-8H3. The maximum Gasteiger partial charge on any atom is 0.192 e. The van der Waals surface area contributed by atoms with Crippen molar-refractivity contribution in [3.8, 4) is 11.5 Å². The summed E-state index contributed by atoms with van der Waals surface area (Å²) in [7, 11) is 2.99. The molecule has 0 radical (unpaired) electrons. The molecule has 0 fully saturated rings. The number of ether oxygens (including phenoxy) is 4. The van der Waals surface area contributed by atoms with Gasteiger partial charge in [-0.15, -0.1) is 0 Å². The quantitative estimate of drug-likeness (QED) is 0.0898. The Morgan fingerprint density at radius 1 is 0.723 bits per heavy atom. The van der Waals surface area contributed by atoms with Gasteiger partial charge in [0, 0.05) is 13.7 Å². The minimum atomic E-state index is -1.98. The average Bonchev–Trinajstić information content (AvgIpc) is 3.42. The van der Waals surface area contributed by atoms with Gasteiger partial charge in [0.05, 0.1) is 27.0 Å². The Bertz CT molecular complexity index is 1700. The third kappa shape index (κ3) is 7.26. The van der Waals surface area contributed by atoms with Crippen LogP contribution in [0.2, 0.25) is 18.1 Å². The van der Waals surface area contributed by atoms with Crippen LogP contribution in [-0.4, -0.2) is 55.8 Å². The van der Waals surface area contributed by atoms with Crippen LogP contribution in [0.25, 0.3) is 11.2 Å². The summed E-state index contributed by atoms with van der Waals surface area (Å²) >= 11 is 0. The highest BCUT2D eigenvalue weighted by molar-refractivity contribution is 6.74. The molecule has 5 rings (SSSR count). The summed E-state index contributed by atoms with van der Waals surface area (Å²) in [6.07, 6.45) is 1.75. The third-order valence-electron chi connectivity index (χ3n) is 9.07. The molecular weight excluding hydrogens is 609 g/mol. The lowest BCUT2D eigenvalue weighted by Crippen LogP contribution is -2.41. The number of rotatable bonds is 14. The molecule has 248 valence electrons. The molecule has 0 saturated heterocycles. The van der Waals surface area contributed by atoms with E-state index in [-0.39, 0.29) is 11.6 Å². The molecule has 47 heavy (non-hydrogen) atoms. The van der Waals surface area contributed by atoms with E-state index >= 15 is 0 Å². The summed E-state index contributed by atoms with van der Waals surface area (Å²) in [6, 6.07) is 26.3. The monoisotopic (exact) mass is 654 g/mol. The Labute approximate surface area is 279 Å². The van der Waals surface area contributed by atoms with Crippen molar-refractivity contribution in [3.05, 3.63) is 113 Å². The van der Waals surface area contributed by atoms with Gasteiger partial charge in [0.2, 0.25) is 0 Å². The molecule has 5 aromatic rings. The molecule has 3 aromatic carbocycles. The number of hydrogen-bond donors (Lipinski definition) is 0. The zero-order valence-electron chi connectivity index (χ0n) is 28.7. The lowest BCUT2D eigenvalue weighted by Gasteiger charge is -2.36. The van der Waals surface area contributed by atoms with Gasteiger partial charge < -0.3 is 27.9 Å². The number of hydrogen-bond acceptors (Lipinski definition) is 8. The van der Waals surface area contributed by atoms with Crippen LogP contribution in [0, 0.1) is 0 Å². The topological polar surface area (TPSA) is 89.8 Å². The zero-order valence-corrected chi connectivity index (χ0v) is 29.7. The number of imidazole rings is 1. The fourth-order valence-corrected chi connectivity index (χ4v) is 6.44. The molecule has 2 aromatic heterocycles. The van der Waals surface area contributed by atoms with Crippen LogP contribution in [-0.2, 0) is 39.3 Å². The van der Waals surface area contributed by atoms with E-state index in [1.54, 1.807) is 27.5 Å². The summed E-state index contributed by atoms with van der Waals surface area (Å²) in [4.78, 5) is 14.3.